The van der Waals surface area contributed by atoms with Crippen LogP contribution >= 0.6 is 15.9 Å². The topological polar surface area (TPSA) is 78.3 Å². The molecular weight excluding hydrogens is 484 g/mol. The summed E-state index contributed by atoms with van der Waals surface area (Å²) in [6.07, 6.45) is 0. The molecule has 0 bridgehead atoms. The lowest BCUT2D eigenvalue weighted by Crippen LogP contribution is -2.15. The van der Waals surface area contributed by atoms with Gasteiger partial charge in [0.1, 0.15) is 11.5 Å². The molecule has 0 spiro atoms. The maximum absolute atomic E-state index is 13.1. The molecule has 0 atom stereocenters. The first-order valence-electron chi connectivity index (χ1n) is 10.2. The van der Waals surface area contributed by atoms with Gasteiger partial charge in [-0.15, -0.1) is 5.10 Å². The summed E-state index contributed by atoms with van der Waals surface area (Å²) in [5.41, 5.74) is 4.33. The van der Waals surface area contributed by atoms with Crippen LogP contribution in [0.2, 0.25) is 0 Å². The average molecular weight is 507 g/mol. The molecular formula is C25H23BrN4O3. The number of benzene rings is 3. The van der Waals surface area contributed by atoms with Crippen molar-refractivity contribution < 1.29 is 14.3 Å². The third kappa shape index (κ3) is 4.75. The second-order valence-corrected chi connectivity index (χ2v) is 8.40. The molecule has 168 valence electrons. The van der Waals surface area contributed by atoms with Gasteiger partial charge in [-0.05, 0) is 49.7 Å². The lowest BCUT2D eigenvalue weighted by atomic mass is 10.1. The SMILES string of the molecule is COc1ccc(OC)c(NC(=O)c2nc(-c3ccc(Br)cc3)n(-c3ccc(C)cc3C)n2)c1. The normalized spacial score (nSPS) is 10.7. The Bertz CT molecular complexity index is 1320. The van der Waals surface area contributed by atoms with Crippen molar-refractivity contribution in [2.24, 2.45) is 0 Å². The number of aromatic nitrogens is 3. The van der Waals surface area contributed by atoms with Crippen molar-refractivity contribution in [3.05, 3.63) is 82.1 Å². The Morgan fingerprint density at radius 1 is 0.970 bits per heavy atom. The number of carbonyl (C=O) groups is 1. The number of hydrogen-bond donors (Lipinski definition) is 1. The smallest absolute Gasteiger partial charge is 0.295 e. The molecule has 0 aliphatic heterocycles. The van der Waals surface area contributed by atoms with E-state index in [0.717, 1.165) is 26.9 Å². The van der Waals surface area contributed by atoms with Crippen molar-refractivity contribution in [2.75, 3.05) is 19.5 Å². The van der Waals surface area contributed by atoms with Gasteiger partial charge in [-0.3, -0.25) is 4.79 Å². The fraction of sp³-hybridized carbons (Fsp3) is 0.160. The van der Waals surface area contributed by atoms with E-state index in [2.05, 4.69) is 37.4 Å². The highest BCUT2D eigenvalue weighted by atomic mass is 79.9. The van der Waals surface area contributed by atoms with Gasteiger partial charge < -0.3 is 14.8 Å². The number of anilines is 1. The third-order valence-electron chi connectivity index (χ3n) is 5.15. The molecule has 0 saturated carbocycles. The zero-order valence-electron chi connectivity index (χ0n) is 18.7. The van der Waals surface area contributed by atoms with Crippen molar-refractivity contribution in [1.82, 2.24) is 14.8 Å². The highest BCUT2D eigenvalue weighted by molar-refractivity contribution is 9.10. The van der Waals surface area contributed by atoms with Crippen LogP contribution in [0.4, 0.5) is 5.69 Å². The summed E-state index contributed by atoms with van der Waals surface area (Å²) < 4.78 is 13.3. The molecule has 0 radical (unpaired) electrons. The van der Waals surface area contributed by atoms with Crippen molar-refractivity contribution in [3.8, 4) is 28.6 Å². The van der Waals surface area contributed by atoms with Crippen LogP contribution in [0.15, 0.2) is 65.1 Å². The Kier molecular flexibility index (Phi) is 6.46. The van der Waals surface area contributed by atoms with E-state index in [9.17, 15) is 4.79 Å². The molecule has 0 fully saturated rings. The van der Waals surface area contributed by atoms with Crippen LogP contribution in [0.1, 0.15) is 21.7 Å². The molecule has 33 heavy (non-hydrogen) atoms. The zero-order chi connectivity index (χ0) is 23.5. The summed E-state index contributed by atoms with van der Waals surface area (Å²) in [6, 6.07) is 19.0. The van der Waals surface area contributed by atoms with Gasteiger partial charge in [0.25, 0.3) is 5.91 Å². The first-order valence-corrected chi connectivity index (χ1v) is 11.0. The molecule has 3 aromatic carbocycles. The lowest BCUT2D eigenvalue weighted by Gasteiger charge is -2.10. The van der Waals surface area contributed by atoms with E-state index in [4.69, 9.17) is 9.47 Å². The summed E-state index contributed by atoms with van der Waals surface area (Å²) >= 11 is 3.46. The Labute approximate surface area is 200 Å². The van der Waals surface area contributed by atoms with Crippen LogP contribution in [-0.4, -0.2) is 34.9 Å². The summed E-state index contributed by atoms with van der Waals surface area (Å²) in [5.74, 6) is 1.25. The van der Waals surface area contributed by atoms with Gasteiger partial charge in [-0.2, -0.15) is 0 Å². The van der Waals surface area contributed by atoms with E-state index in [-0.39, 0.29) is 5.82 Å². The third-order valence-corrected chi connectivity index (χ3v) is 5.68. The summed E-state index contributed by atoms with van der Waals surface area (Å²) in [6.45, 7) is 4.05. The fourth-order valence-corrected chi connectivity index (χ4v) is 3.76. The van der Waals surface area contributed by atoms with E-state index >= 15 is 0 Å². The van der Waals surface area contributed by atoms with Gasteiger partial charge >= 0.3 is 0 Å². The second-order valence-electron chi connectivity index (χ2n) is 7.49. The number of ether oxygens (including phenoxy) is 2. The first-order chi connectivity index (χ1) is 15.9. The van der Waals surface area contributed by atoms with Crippen molar-refractivity contribution in [2.45, 2.75) is 13.8 Å². The maximum atomic E-state index is 13.1. The van der Waals surface area contributed by atoms with Crippen LogP contribution < -0.4 is 14.8 Å². The number of amides is 1. The number of methoxy groups -OCH3 is 2. The first kappa shape index (κ1) is 22.5. The summed E-state index contributed by atoms with van der Waals surface area (Å²) in [4.78, 5) is 17.7. The molecule has 4 aromatic rings. The second kappa shape index (κ2) is 9.46. The minimum absolute atomic E-state index is 0.0396. The number of carbonyl (C=O) groups excluding carboxylic acids is 1. The van der Waals surface area contributed by atoms with Crippen molar-refractivity contribution in [1.29, 1.82) is 0 Å². The quantitative estimate of drug-likeness (QED) is 0.369. The standard InChI is InChI=1S/C25H23BrN4O3/c1-15-5-11-21(16(2)13-15)30-24(17-6-8-18(26)9-7-17)28-23(29-30)25(31)27-20-14-19(32-3)10-12-22(20)33-4/h5-14H,1-4H3,(H,27,31). The van der Waals surface area contributed by atoms with Crippen LogP contribution in [-0.2, 0) is 0 Å². The van der Waals surface area contributed by atoms with Crippen LogP contribution in [0, 0.1) is 13.8 Å². The predicted octanol–water partition coefficient (Wildman–Crippen LogP) is 5.58. The van der Waals surface area contributed by atoms with Gasteiger partial charge in [0.05, 0.1) is 25.6 Å². The Morgan fingerprint density at radius 2 is 1.73 bits per heavy atom. The van der Waals surface area contributed by atoms with Gasteiger partial charge in [-0.1, -0.05) is 45.8 Å². The van der Waals surface area contributed by atoms with E-state index < -0.39 is 5.91 Å². The molecule has 1 aromatic heterocycles. The largest absolute Gasteiger partial charge is 0.497 e. The van der Waals surface area contributed by atoms with E-state index in [0.29, 0.717) is 23.0 Å². The van der Waals surface area contributed by atoms with Crippen LogP contribution in [0.25, 0.3) is 17.1 Å². The van der Waals surface area contributed by atoms with Gasteiger partial charge in [-0.25, -0.2) is 9.67 Å². The number of hydrogen-bond acceptors (Lipinski definition) is 5. The number of aryl methyl sites for hydroxylation is 2. The number of nitrogens with zero attached hydrogens (tertiary/aromatic N) is 3. The Morgan fingerprint density at radius 3 is 2.39 bits per heavy atom. The Hall–Kier alpha value is -3.65. The number of rotatable bonds is 6. The highest BCUT2D eigenvalue weighted by Crippen LogP contribution is 2.30. The average Bonchev–Trinajstić information content (AvgIpc) is 3.24. The summed E-state index contributed by atoms with van der Waals surface area (Å²) in [7, 11) is 3.10. The predicted molar refractivity (Wildman–Crippen MR) is 131 cm³/mol. The molecule has 0 unspecified atom stereocenters. The highest BCUT2D eigenvalue weighted by Gasteiger charge is 2.21. The molecule has 8 heteroatoms. The van der Waals surface area contributed by atoms with Gasteiger partial charge in [0, 0.05) is 16.1 Å². The molecule has 0 saturated heterocycles. The van der Waals surface area contributed by atoms with Gasteiger partial charge in [0.2, 0.25) is 5.82 Å². The molecule has 1 amide bonds. The Balaban J connectivity index is 1.78. The molecule has 7 nitrogen and oxygen atoms in total. The minimum Gasteiger partial charge on any atom is -0.497 e. The molecule has 1 N–H and O–H groups in total. The zero-order valence-corrected chi connectivity index (χ0v) is 20.3. The van der Waals surface area contributed by atoms with Crippen LogP contribution in [0.5, 0.6) is 11.5 Å². The van der Waals surface area contributed by atoms with Crippen molar-refractivity contribution >= 4 is 27.5 Å². The fourth-order valence-electron chi connectivity index (χ4n) is 3.50. The molecule has 0 aliphatic rings. The van der Waals surface area contributed by atoms with Crippen LogP contribution in [0.3, 0.4) is 0 Å². The van der Waals surface area contributed by atoms with E-state index in [1.807, 2.05) is 50.2 Å². The van der Waals surface area contributed by atoms with E-state index in [1.165, 1.54) is 7.11 Å². The molecule has 4 rings (SSSR count). The number of nitrogens with one attached hydrogen (secondary N) is 1. The molecule has 1 heterocycles. The lowest BCUT2D eigenvalue weighted by molar-refractivity contribution is 0.101. The van der Waals surface area contributed by atoms with Gasteiger partial charge in [0.15, 0.2) is 5.82 Å². The van der Waals surface area contributed by atoms with E-state index in [1.54, 1.807) is 30.0 Å². The van der Waals surface area contributed by atoms with Crippen molar-refractivity contribution in [3.63, 3.8) is 0 Å². The summed E-state index contributed by atoms with van der Waals surface area (Å²) in [5, 5.41) is 7.41. The molecule has 0 aliphatic carbocycles. The number of halogens is 1. The maximum Gasteiger partial charge on any atom is 0.295 e. The minimum atomic E-state index is -0.455. The monoisotopic (exact) mass is 506 g/mol.